The molecule has 1 aromatic carbocycles. The summed E-state index contributed by atoms with van der Waals surface area (Å²) in [7, 11) is 0. The van der Waals surface area contributed by atoms with E-state index in [1.54, 1.807) is 4.90 Å². The van der Waals surface area contributed by atoms with Crippen LogP contribution in [-0.4, -0.2) is 23.1 Å². The van der Waals surface area contributed by atoms with Crippen molar-refractivity contribution in [1.82, 2.24) is 4.90 Å². The fraction of sp³-hybridized carbons (Fsp3) is 0.562. The largest absolute Gasteiger partial charge is 0.444 e. The van der Waals surface area contributed by atoms with E-state index in [4.69, 9.17) is 22.1 Å². The number of nitrogens with zero attached hydrogens (tertiary/aromatic N) is 1. The van der Waals surface area contributed by atoms with Crippen molar-refractivity contribution in [1.29, 1.82) is 0 Å². The first kappa shape index (κ1) is 16.1. The molecule has 0 aliphatic carbocycles. The Hall–Kier alpha value is -1.26. The maximum Gasteiger partial charge on any atom is 0.410 e. The highest BCUT2D eigenvalue weighted by Crippen LogP contribution is 2.31. The van der Waals surface area contributed by atoms with Crippen molar-refractivity contribution in [3.8, 4) is 0 Å². The summed E-state index contributed by atoms with van der Waals surface area (Å²) in [5.41, 5.74) is 8.83. The number of ether oxygens (including phenoxy) is 1. The molecular formula is C16H23ClN2O2. The van der Waals surface area contributed by atoms with E-state index >= 15 is 0 Å². The summed E-state index contributed by atoms with van der Waals surface area (Å²) in [5.74, 6) is 0. The molecule has 1 aromatic rings. The summed E-state index contributed by atoms with van der Waals surface area (Å²) < 4.78 is 5.47. The molecule has 1 aliphatic rings. The van der Waals surface area contributed by atoms with Crippen molar-refractivity contribution < 1.29 is 9.53 Å². The first-order valence-corrected chi connectivity index (χ1v) is 7.58. The number of hydrogen-bond donors (Lipinski definition) is 1. The molecule has 116 valence electrons. The van der Waals surface area contributed by atoms with E-state index in [-0.39, 0.29) is 12.1 Å². The van der Waals surface area contributed by atoms with Gasteiger partial charge in [-0.25, -0.2) is 4.79 Å². The Labute approximate surface area is 131 Å². The van der Waals surface area contributed by atoms with Gasteiger partial charge in [-0.15, -0.1) is 0 Å². The van der Waals surface area contributed by atoms with Gasteiger partial charge in [0.15, 0.2) is 0 Å². The van der Waals surface area contributed by atoms with E-state index in [9.17, 15) is 4.79 Å². The second kappa shape index (κ2) is 5.85. The van der Waals surface area contributed by atoms with Crippen LogP contribution < -0.4 is 5.73 Å². The number of rotatable bonds is 0. The summed E-state index contributed by atoms with van der Waals surface area (Å²) in [6.45, 7) is 8.64. The lowest BCUT2D eigenvalue weighted by Crippen LogP contribution is -2.36. The van der Waals surface area contributed by atoms with Gasteiger partial charge in [0, 0.05) is 24.2 Å². The fourth-order valence-electron chi connectivity index (χ4n) is 2.51. The fourth-order valence-corrected chi connectivity index (χ4v) is 2.69. The van der Waals surface area contributed by atoms with Crippen LogP contribution in [0.4, 0.5) is 4.79 Å². The summed E-state index contributed by atoms with van der Waals surface area (Å²) in [5, 5.41) is 0.701. The molecule has 0 fully saturated rings. The van der Waals surface area contributed by atoms with Gasteiger partial charge in [-0.1, -0.05) is 17.7 Å². The van der Waals surface area contributed by atoms with E-state index in [0.717, 1.165) is 16.7 Å². The molecule has 21 heavy (non-hydrogen) atoms. The lowest BCUT2D eigenvalue weighted by atomic mass is 9.96. The van der Waals surface area contributed by atoms with E-state index in [0.29, 0.717) is 24.5 Å². The third-order valence-corrected chi connectivity index (χ3v) is 4.09. The lowest BCUT2D eigenvalue weighted by molar-refractivity contribution is 0.0234. The van der Waals surface area contributed by atoms with E-state index < -0.39 is 5.60 Å². The molecule has 1 atom stereocenters. The minimum atomic E-state index is -0.502. The maximum atomic E-state index is 12.3. The van der Waals surface area contributed by atoms with Crippen LogP contribution in [0.15, 0.2) is 12.1 Å². The minimum absolute atomic E-state index is 0.0802. The van der Waals surface area contributed by atoms with Crippen molar-refractivity contribution in [3.63, 3.8) is 0 Å². The first-order valence-electron chi connectivity index (χ1n) is 7.20. The van der Waals surface area contributed by atoms with Gasteiger partial charge in [-0.05, 0) is 56.9 Å². The maximum absolute atomic E-state index is 12.3. The number of nitrogens with two attached hydrogens (primary N) is 1. The molecular weight excluding hydrogens is 288 g/mol. The lowest BCUT2D eigenvalue weighted by Gasteiger charge is -2.27. The Morgan fingerprint density at radius 1 is 1.43 bits per heavy atom. The van der Waals surface area contributed by atoms with Gasteiger partial charge in [0.2, 0.25) is 0 Å². The summed E-state index contributed by atoms with van der Waals surface area (Å²) >= 11 is 6.20. The Bertz CT molecular complexity index is 552. The predicted octanol–water partition coefficient (Wildman–Crippen LogP) is 3.79. The second-order valence-corrected chi connectivity index (χ2v) is 6.94. The van der Waals surface area contributed by atoms with E-state index in [1.807, 2.05) is 39.8 Å². The van der Waals surface area contributed by atoms with Gasteiger partial charge >= 0.3 is 6.09 Å². The smallest absolute Gasteiger partial charge is 0.410 e. The van der Waals surface area contributed by atoms with Gasteiger partial charge in [0.1, 0.15) is 5.60 Å². The molecule has 2 rings (SSSR count). The molecule has 1 heterocycles. The van der Waals surface area contributed by atoms with Crippen LogP contribution >= 0.6 is 11.6 Å². The molecule has 0 unspecified atom stereocenters. The van der Waals surface area contributed by atoms with Crippen molar-refractivity contribution in [3.05, 3.63) is 33.8 Å². The van der Waals surface area contributed by atoms with Gasteiger partial charge < -0.3 is 15.4 Å². The highest BCUT2D eigenvalue weighted by Gasteiger charge is 2.28. The van der Waals surface area contributed by atoms with Crippen LogP contribution in [0.2, 0.25) is 5.02 Å². The standard InChI is InChI=1S/C16H23ClN2O2/c1-10-12-9-19(15(20)21-16(2,3)4)8-7-14(18)11(12)5-6-13(10)17/h5-6,14H,7-9,18H2,1-4H3/t14-/m0/s1. The summed E-state index contributed by atoms with van der Waals surface area (Å²) in [6.07, 6.45) is 0.412. The van der Waals surface area contributed by atoms with E-state index in [1.165, 1.54) is 0 Å². The molecule has 5 heteroatoms. The van der Waals surface area contributed by atoms with Crippen molar-refractivity contribution >= 4 is 17.7 Å². The number of carbonyl (C=O) groups excluding carboxylic acids is 1. The number of benzene rings is 1. The highest BCUT2D eigenvalue weighted by molar-refractivity contribution is 6.31. The zero-order valence-corrected chi connectivity index (χ0v) is 13.8. The molecule has 0 radical (unpaired) electrons. The van der Waals surface area contributed by atoms with Crippen LogP contribution in [0, 0.1) is 6.92 Å². The minimum Gasteiger partial charge on any atom is -0.444 e. The Kier molecular flexibility index (Phi) is 4.49. The van der Waals surface area contributed by atoms with E-state index in [2.05, 4.69) is 0 Å². The van der Waals surface area contributed by atoms with Crippen molar-refractivity contribution in [2.75, 3.05) is 6.54 Å². The van der Waals surface area contributed by atoms with Crippen molar-refractivity contribution in [2.24, 2.45) is 5.73 Å². The molecule has 1 aliphatic heterocycles. The topological polar surface area (TPSA) is 55.6 Å². The van der Waals surface area contributed by atoms with Crippen LogP contribution in [-0.2, 0) is 11.3 Å². The average Bonchev–Trinajstić information content (AvgIpc) is 2.52. The summed E-state index contributed by atoms with van der Waals surface area (Å²) in [4.78, 5) is 14.0. The SMILES string of the molecule is Cc1c(Cl)ccc2c1CN(C(=O)OC(C)(C)C)CC[C@@H]2N. The van der Waals surface area contributed by atoms with Gasteiger partial charge in [0.05, 0.1) is 0 Å². The van der Waals surface area contributed by atoms with Crippen molar-refractivity contribution in [2.45, 2.75) is 52.3 Å². The number of carbonyl (C=O) groups is 1. The molecule has 0 aromatic heterocycles. The molecule has 0 bridgehead atoms. The predicted molar refractivity (Wildman–Crippen MR) is 84.4 cm³/mol. The molecule has 2 N–H and O–H groups in total. The quantitative estimate of drug-likeness (QED) is 0.793. The second-order valence-electron chi connectivity index (χ2n) is 6.54. The molecule has 4 nitrogen and oxygen atoms in total. The highest BCUT2D eigenvalue weighted by atomic mass is 35.5. The third kappa shape index (κ3) is 3.69. The normalized spacial score (nSPS) is 19.0. The van der Waals surface area contributed by atoms with Gasteiger partial charge in [-0.2, -0.15) is 0 Å². The zero-order valence-electron chi connectivity index (χ0n) is 13.1. The first-order chi connectivity index (χ1) is 9.69. The number of fused-ring (bicyclic) bond motifs is 1. The van der Waals surface area contributed by atoms with Crippen LogP contribution in [0.3, 0.4) is 0 Å². The monoisotopic (exact) mass is 310 g/mol. The van der Waals surface area contributed by atoms with Gasteiger partial charge in [-0.3, -0.25) is 0 Å². The summed E-state index contributed by atoms with van der Waals surface area (Å²) in [6, 6.07) is 3.76. The zero-order chi connectivity index (χ0) is 15.8. The van der Waals surface area contributed by atoms with Gasteiger partial charge in [0.25, 0.3) is 0 Å². The Morgan fingerprint density at radius 2 is 2.10 bits per heavy atom. The molecule has 0 saturated carbocycles. The Balaban J connectivity index is 2.30. The molecule has 0 saturated heterocycles. The number of hydrogen-bond acceptors (Lipinski definition) is 3. The van der Waals surface area contributed by atoms with Crippen LogP contribution in [0.1, 0.15) is 49.9 Å². The average molecular weight is 311 g/mol. The third-order valence-electron chi connectivity index (χ3n) is 3.68. The van der Waals surface area contributed by atoms with Crippen LogP contribution in [0.25, 0.3) is 0 Å². The number of amides is 1. The number of halogens is 1. The Morgan fingerprint density at radius 3 is 2.71 bits per heavy atom. The molecule has 0 spiro atoms. The molecule has 1 amide bonds. The van der Waals surface area contributed by atoms with Crippen LogP contribution in [0.5, 0.6) is 0 Å².